The van der Waals surface area contributed by atoms with Gasteiger partial charge in [-0.1, -0.05) is 6.07 Å². The second-order valence-electron chi connectivity index (χ2n) is 7.09. The Bertz CT molecular complexity index is 658. The van der Waals surface area contributed by atoms with Crippen molar-refractivity contribution in [3.05, 3.63) is 23.8 Å². The van der Waals surface area contributed by atoms with Gasteiger partial charge in [-0.3, -0.25) is 4.79 Å². The first-order valence-electron chi connectivity index (χ1n) is 9.26. The monoisotopic (exact) mass is 361 g/mol. The molecule has 1 unspecified atom stereocenters. The van der Waals surface area contributed by atoms with Crippen molar-refractivity contribution in [1.82, 2.24) is 16.0 Å². The highest BCUT2D eigenvalue weighted by Crippen LogP contribution is 2.43. The van der Waals surface area contributed by atoms with Crippen molar-refractivity contribution in [2.24, 2.45) is 5.92 Å². The average Bonchev–Trinajstić information content (AvgIpc) is 3.43. The Morgan fingerprint density at radius 1 is 1.12 bits per heavy atom. The lowest BCUT2D eigenvalue weighted by Gasteiger charge is -2.23. The van der Waals surface area contributed by atoms with Crippen molar-refractivity contribution in [3.63, 3.8) is 0 Å². The van der Waals surface area contributed by atoms with Gasteiger partial charge in [-0.25, -0.2) is 4.79 Å². The first-order valence-corrected chi connectivity index (χ1v) is 9.26. The molecule has 26 heavy (non-hydrogen) atoms. The molecule has 1 aliphatic heterocycles. The fraction of sp³-hybridized carbons (Fsp3) is 0.579. The zero-order valence-electron chi connectivity index (χ0n) is 15.3. The first-order chi connectivity index (χ1) is 12.5. The van der Waals surface area contributed by atoms with Crippen molar-refractivity contribution >= 4 is 11.9 Å². The van der Waals surface area contributed by atoms with E-state index < -0.39 is 0 Å². The number of amides is 3. The van der Waals surface area contributed by atoms with Gasteiger partial charge in [0.05, 0.1) is 6.04 Å². The Hall–Kier alpha value is -2.44. The van der Waals surface area contributed by atoms with Crippen LogP contribution < -0.4 is 25.4 Å². The van der Waals surface area contributed by atoms with Crippen LogP contribution in [0.5, 0.6) is 11.5 Å². The van der Waals surface area contributed by atoms with Gasteiger partial charge >= 0.3 is 6.03 Å². The van der Waals surface area contributed by atoms with Crippen molar-refractivity contribution in [2.75, 3.05) is 19.8 Å². The molecule has 1 fully saturated rings. The van der Waals surface area contributed by atoms with Crippen LogP contribution in [-0.4, -0.2) is 37.7 Å². The largest absolute Gasteiger partial charge is 0.486 e. The summed E-state index contributed by atoms with van der Waals surface area (Å²) in [5, 5.41) is 8.61. The van der Waals surface area contributed by atoms with E-state index in [0.717, 1.165) is 29.9 Å². The van der Waals surface area contributed by atoms with Crippen LogP contribution in [0.4, 0.5) is 4.79 Å². The molecule has 3 N–H and O–H groups in total. The molecule has 0 radical (unpaired) electrons. The third-order valence-electron chi connectivity index (χ3n) is 4.39. The molecule has 1 aliphatic carbocycles. The number of benzene rings is 1. The second kappa shape index (κ2) is 8.29. The Kier molecular flexibility index (Phi) is 5.85. The Balaban J connectivity index is 1.54. The van der Waals surface area contributed by atoms with Crippen LogP contribution >= 0.6 is 0 Å². The lowest BCUT2D eigenvalue weighted by Crippen LogP contribution is -2.41. The number of carbonyl (C=O) groups is 2. The summed E-state index contributed by atoms with van der Waals surface area (Å²) in [4.78, 5) is 23.9. The van der Waals surface area contributed by atoms with Crippen LogP contribution in [0.1, 0.15) is 44.7 Å². The Morgan fingerprint density at radius 3 is 2.54 bits per heavy atom. The summed E-state index contributed by atoms with van der Waals surface area (Å²) in [6, 6.07) is 5.62. The summed E-state index contributed by atoms with van der Waals surface area (Å²) in [6.07, 6.45) is 2.45. The van der Waals surface area contributed by atoms with Crippen LogP contribution in [0.2, 0.25) is 0 Å². The lowest BCUT2D eigenvalue weighted by molar-refractivity contribution is -0.121. The predicted molar refractivity (Wildman–Crippen MR) is 97.3 cm³/mol. The molecule has 1 aromatic rings. The minimum absolute atomic E-state index is 0.0599. The van der Waals surface area contributed by atoms with Crippen molar-refractivity contribution < 1.29 is 19.1 Å². The third kappa shape index (κ3) is 5.03. The van der Waals surface area contributed by atoms with E-state index in [1.807, 2.05) is 32.0 Å². The highest BCUT2D eigenvalue weighted by Gasteiger charge is 2.34. The van der Waals surface area contributed by atoms with Gasteiger partial charge in [-0.15, -0.1) is 0 Å². The molecule has 0 bridgehead atoms. The molecule has 0 aromatic heterocycles. The molecule has 3 rings (SSSR count). The van der Waals surface area contributed by atoms with Crippen LogP contribution in [0.3, 0.4) is 0 Å². The Morgan fingerprint density at radius 2 is 1.85 bits per heavy atom. The third-order valence-corrected chi connectivity index (χ3v) is 4.39. The molecule has 0 saturated heterocycles. The minimum Gasteiger partial charge on any atom is -0.486 e. The van der Waals surface area contributed by atoms with E-state index in [2.05, 4.69) is 16.0 Å². The van der Waals surface area contributed by atoms with E-state index >= 15 is 0 Å². The Labute approximate surface area is 153 Å². The number of nitrogens with one attached hydrogen (secondary N) is 3. The van der Waals surface area contributed by atoms with Gasteiger partial charge in [0.2, 0.25) is 5.91 Å². The van der Waals surface area contributed by atoms with E-state index in [0.29, 0.717) is 25.7 Å². The summed E-state index contributed by atoms with van der Waals surface area (Å²) in [7, 11) is 0. The van der Waals surface area contributed by atoms with E-state index in [1.165, 1.54) is 0 Å². The highest BCUT2D eigenvalue weighted by molar-refractivity contribution is 5.78. The van der Waals surface area contributed by atoms with Gasteiger partial charge in [-0.05, 0) is 50.3 Å². The van der Waals surface area contributed by atoms with Crippen LogP contribution in [0.15, 0.2) is 18.2 Å². The maximum atomic E-state index is 12.2. The number of hydrogen-bond donors (Lipinski definition) is 3. The van der Waals surface area contributed by atoms with Gasteiger partial charge in [0.25, 0.3) is 0 Å². The number of fused-ring (bicyclic) bond motifs is 1. The summed E-state index contributed by atoms with van der Waals surface area (Å²) in [6.45, 7) is 5.22. The smallest absolute Gasteiger partial charge is 0.315 e. The summed E-state index contributed by atoms with van der Waals surface area (Å²) in [5.74, 6) is 1.85. The summed E-state index contributed by atoms with van der Waals surface area (Å²) in [5.41, 5.74) is 1.02. The van der Waals surface area contributed by atoms with Gasteiger partial charge in [0, 0.05) is 19.0 Å². The van der Waals surface area contributed by atoms with Crippen molar-refractivity contribution in [2.45, 2.75) is 45.2 Å². The van der Waals surface area contributed by atoms with Crippen LogP contribution in [-0.2, 0) is 4.79 Å². The maximum Gasteiger partial charge on any atom is 0.315 e. The SMILES string of the molecule is CC(C)NC(=O)CCNC(=O)NC(c1ccc2c(c1)OCCO2)C1CC1. The molecule has 7 heteroatoms. The molecule has 142 valence electrons. The van der Waals surface area contributed by atoms with E-state index in [-0.39, 0.29) is 30.4 Å². The topological polar surface area (TPSA) is 88.7 Å². The molecule has 1 atom stereocenters. The molecular weight excluding hydrogens is 334 g/mol. The summed E-state index contributed by atoms with van der Waals surface area (Å²) < 4.78 is 11.2. The van der Waals surface area contributed by atoms with Crippen LogP contribution in [0.25, 0.3) is 0 Å². The van der Waals surface area contributed by atoms with Crippen molar-refractivity contribution in [1.29, 1.82) is 0 Å². The molecular formula is C19H27N3O4. The predicted octanol–water partition coefficient (Wildman–Crippen LogP) is 2.12. The quantitative estimate of drug-likeness (QED) is 0.694. The standard InChI is InChI=1S/C19H27N3O4/c1-12(2)21-17(23)7-8-20-19(24)22-18(13-3-4-13)14-5-6-15-16(11-14)26-10-9-25-15/h5-6,11-13,18H,3-4,7-10H2,1-2H3,(H,21,23)(H2,20,22,24). The molecule has 1 aromatic carbocycles. The van der Waals surface area contributed by atoms with E-state index in [4.69, 9.17) is 9.47 Å². The zero-order valence-corrected chi connectivity index (χ0v) is 15.3. The van der Waals surface area contributed by atoms with Gasteiger partial charge in [-0.2, -0.15) is 0 Å². The first kappa shape index (κ1) is 18.4. The van der Waals surface area contributed by atoms with E-state index in [1.54, 1.807) is 0 Å². The summed E-state index contributed by atoms with van der Waals surface area (Å²) >= 11 is 0. The zero-order chi connectivity index (χ0) is 18.5. The number of ether oxygens (including phenoxy) is 2. The number of urea groups is 1. The molecule has 1 heterocycles. The maximum absolute atomic E-state index is 12.2. The molecule has 3 amide bonds. The van der Waals surface area contributed by atoms with Crippen LogP contribution in [0, 0.1) is 5.92 Å². The highest BCUT2D eigenvalue weighted by atomic mass is 16.6. The van der Waals surface area contributed by atoms with Gasteiger partial charge < -0.3 is 25.4 Å². The number of rotatable bonds is 7. The minimum atomic E-state index is -0.255. The van der Waals surface area contributed by atoms with Gasteiger partial charge in [0.15, 0.2) is 11.5 Å². The number of hydrogen-bond acceptors (Lipinski definition) is 4. The normalized spacial score (nSPS) is 16.7. The van der Waals surface area contributed by atoms with Crippen molar-refractivity contribution in [3.8, 4) is 11.5 Å². The second-order valence-corrected chi connectivity index (χ2v) is 7.09. The fourth-order valence-electron chi connectivity index (χ4n) is 3.03. The lowest BCUT2D eigenvalue weighted by atomic mass is 10.0. The molecule has 1 saturated carbocycles. The fourth-order valence-corrected chi connectivity index (χ4v) is 3.03. The van der Waals surface area contributed by atoms with Gasteiger partial charge in [0.1, 0.15) is 13.2 Å². The average molecular weight is 361 g/mol. The van der Waals surface area contributed by atoms with E-state index in [9.17, 15) is 9.59 Å². The molecule has 2 aliphatic rings. The molecule has 0 spiro atoms. The molecule has 7 nitrogen and oxygen atoms in total. The number of carbonyl (C=O) groups excluding carboxylic acids is 2.